The molecule has 0 aromatic heterocycles. The summed E-state index contributed by atoms with van der Waals surface area (Å²) >= 11 is 0. The normalized spacial score (nSPS) is 43.6. The smallest absolute Gasteiger partial charge is 0.156 e. The summed E-state index contributed by atoms with van der Waals surface area (Å²) in [5, 5.41) is -0.160. The molecule has 2 aliphatic heterocycles. The van der Waals surface area contributed by atoms with Crippen molar-refractivity contribution in [3.05, 3.63) is 0 Å². The Kier molecular flexibility index (Phi) is 1.27. The highest BCUT2D eigenvalue weighted by Gasteiger charge is 2.42. The second kappa shape index (κ2) is 1.93. The van der Waals surface area contributed by atoms with Crippen LogP contribution in [0.25, 0.3) is 0 Å². The van der Waals surface area contributed by atoms with Gasteiger partial charge in [0.2, 0.25) is 0 Å². The molecular weight excluding hydrogens is 152 g/mol. The van der Waals surface area contributed by atoms with E-state index in [0.29, 0.717) is 12.3 Å². The van der Waals surface area contributed by atoms with Crippen LogP contribution in [0.5, 0.6) is 0 Å². The number of sulfone groups is 1. The largest absolute Gasteiger partial charge is 0.256 e. The van der Waals surface area contributed by atoms with Gasteiger partial charge in [-0.15, -0.1) is 0 Å². The summed E-state index contributed by atoms with van der Waals surface area (Å²) in [5.41, 5.74) is 5.80. The minimum Gasteiger partial charge on any atom is -0.256 e. The van der Waals surface area contributed by atoms with Gasteiger partial charge in [0.25, 0.3) is 0 Å². The molecule has 2 fully saturated rings. The number of hydrogen-bond acceptors (Lipinski definition) is 4. The summed E-state index contributed by atoms with van der Waals surface area (Å²) < 4.78 is 22.3. The van der Waals surface area contributed by atoms with Gasteiger partial charge in [0.1, 0.15) is 0 Å². The molecular formula is C5H10N2O2S. The Balaban J connectivity index is 2.32. The van der Waals surface area contributed by atoms with Gasteiger partial charge in [-0.25, -0.2) is 8.42 Å². The third-order valence-corrected chi connectivity index (χ3v) is 4.44. The molecule has 0 aromatic carbocycles. The number of nitrogens with one attached hydrogen (secondary N) is 2. The van der Waals surface area contributed by atoms with Gasteiger partial charge in [-0.05, 0) is 6.42 Å². The number of hydrogen-bond donors (Lipinski definition) is 2. The van der Waals surface area contributed by atoms with Crippen molar-refractivity contribution in [2.45, 2.75) is 17.7 Å². The number of rotatable bonds is 0. The van der Waals surface area contributed by atoms with Crippen LogP contribution in [0.2, 0.25) is 0 Å². The highest BCUT2D eigenvalue weighted by molar-refractivity contribution is 7.92. The molecule has 0 aliphatic carbocycles. The molecule has 4 nitrogen and oxygen atoms in total. The molecule has 0 spiro atoms. The predicted octanol–water partition coefficient (Wildman–Crippen LogP) is -1.35. The van der Waals surface area contributed by atoms with E-state index >= 15 is 0 Å². The van der Waals surface area contributed by atoms with Crippen molar-refractivity contribution in [3.63, 3.8) is 0 Å². The quantitative estimate of drug-likeness (QED) is 0.462. The SMILES string of the molecule is O=S1(=O)CCC2NNCC21. The lowest BCUT2D eigenvalue weighted by molar-refractivity contribution is 0.558. The topological polar surface area (TPSA) is 58.2 Å². The van der Waals surface area contributed by atoms with E-state index in [2.05, 4.69) is 10.9 Å². The first-order valence-corrected chi connectivity index (χ1v) is 5.12. The Bertz CT molecular complexity index is 236. The molecule has 2 heterocycles. The first-order valence-electron chi connectivity index (χ1n) is 3.40. The molecule has 0 saturated carbocycles. The molecule has 2 atom stereocenters. The summed E-state index contributed by atoms with van der Waals surface area (Å²) in [7, 11) is -2.75. The zero-order valence-corrected chi connectivity index (χ0v) is 6.32. The van der Waals surface area contributed by atoms with E-state index in [-0.39, 0.29) is 11.3 Å². The van der Waals surface area contributed by atoms with Gasteiger partial charge in [0.15, 0.2) is 9.84 Å². The fourth-order valence-electron chi connectivity index (χ4n) is 1.60. The van der Waals surface area contributed by atoms with Crippen LogP contribution in [0.3, 0.4) is 0 Å². The molecule has 2 aliphatic rings. The van der Waals surface area contributed by atoms with Gasteiger partial charge >= 0.3 is 0 Å². The molecule has 0 amide bonds. The monoisotopic (exact) mass is 162 g/mol. The Morgan fingerprint density at radius 1 is 1.40 bits per heavy atom. The Morgan fingerprint density at radius 3 is 2.90 bits per heavy atom. The Hall–Kier alpha value is -0.130. The first-order chi connectivity index (χ1) is 4.70. The van der Waals surface area contributed by atoms with Gasteiger partial charge in [-0.1, -0.05) is 0 Å². The van der Waals surface area contributed by atoms with Crippen LogP contribution in [-0.2, 0) is 9.84 Å². The van der Waals surface area contributed by atoms with Crippen molar-refractivity contribution in [1.82, 2.24) is 10.9 Å². The fraction of sp³-hybridized carbons (Fsp3) is 1.00. The van der Waals surface area contributed by atoms with Crippen LogP contribution in [0.1, 0.15) is 6.42 Å². The van der Waals surface area contributed by atoms with Crippen molar-refractivity contribution in [3.8, 4) is 0 Å². The van der Waals surface area contributed by atoms with Crippen LogP contribution >= 0.6 is 0 Å². The maximum Gasteiger partial charge on any atom is 0.156 e. The van der Waals surface area contributed by atoms with Gasteiger partial charge < -0.3 is 0 Å². The maximum absolute atomic E-state index is 11.2. The zero-order chi connectivity index (χ0) is 7.19. The second-order valence-corrected chi connectivity index (χ2v) is 5.17. The molecule has 0 bridgehead atoms. The summed E-state index contributed by atoms with van der Waals surface area (Å²) in [6.45, 7) is 0.576. The predicted molar refractivity (Wildman–Crippen MR) is 37.1 cm³/mol. The molecule has 2 unspecified atom stereocenters. The Morgan fingerprint density at radius 2 is 2.20 bits per heavy atom. The Labute approximate surface area is 59.9 Å². The molecule has 58 valence electrons. The fourth-order valence-corrected chi connectivity index (χ4v) is 3.53. The van der Waals surface area contributed by atoms with Crippen molar-refractivity contribution in [2.75, 3.05) is 12.3 Å². The van der Waals surface area contributed by atoms with Crippen LogP contribution in [-0.4, -0.2) is 32.0 Å². The van der Waals surface area contributed by atoms with Gasteiger partial charge in [-0.3, -0.25) is 10.9 Å². The maximum atomic E-state index is 11.2. The van der Waals surface area contributed by atoms with E-state index in [1.165, 1.54) is 0 Å². The molecule has 0 aromatic rings. The zero-order valence-electron chi connectivity index (χ0n) is 5.50. The van der Waals surface area contributed by atoms with E-state index in [1.807, 2.05) is 0 Å². The third kappa shape index (κ3) is 0.777. The minimum absolute atomic E-state index is 0.160. The lowest BCUT2D eigenvalue weighted by atomic mass is 10.2. The highest BCUT2D eigenvalue weighted by atomic mass is 32.2. The minimum atomic E-state index is -2.75. The first kappa shape index (κ1) is 6.57. The molecule has 10 heavy (non-hydrogen) atoms. The summed E-state index contributed by atoms with van der Waals surface area (Å²) in [5.74, 6) is 0.358. The van der Waals surface area contributed by atoms with Gasteiger partial charge in [-0.2, -0.15) is 0 Å². The van der Waals surface area contributed by atoms with Crippen LogP contribution in [0.15, 0.2) is 0 Å². The number of fused-ring (bicyclic) bond motifs is 1. The molecule has 2 N–H and O–H groups in total. The molecule has 5 heteroatoms. The third-order valence-electron chi connectivity index (χ3n) is 2.21. The van der Waals surface area contributed by atoms with Crippen molar-refractivity contribution < 1.29 is 8.42 Å². The van der Waals surface area contributed by atoms with E-state index in [0.717, 1.165) is 6.42 Å². The molecule has 0 radical (unpaired) electrons. The van der Waals surface area contributed by atoms with Crippen molar-refractivity contribution in [1.29, 1.82) is 0 Å². The van der Waals surface area contributed by atoms with E-state index in [4.69, 9.17) is 0 Å². The summed E-state index contributed by atoms with van der Waals surface area (Å²) in [6, 6.07) is 0.171. The lowest BCUT2D eigenvalue weighted by Crippen LogP contribution is -2.30. The van der Waals surface area contributed by atoms with Crippen LogP contribution in [0, 0.1) is 0 Å². The van der Waals surface area contributed by atoms with E-state index in [1.54, 1.807) is 0 Å². The van der Waals surface area contributed by atoms with Crippen LogP contribution in [0.4, 0.5) is 0 Å². The molecule has 2 saturated heterocycles. The lowest BCUT2D eigenvalue weighted by Gasteiger charge is -2.03. The van der Waals surface area contributed by atoms with Crippen LogP contribution < -0.4 is 10.9 Å². The van der Waals surface area contributed by atoms with Crippen molar-refractivity contribution in [2.24, 2.45) is 0 Å². The van der Waals surface area contributed by atoms with Crippen molar-refractivity contribution >= 4 is 9.84 Å². The number of hydrazine groups is 1. The van der Waals surface area contributed by atoms with Gasteiger partial charge in [0.05, 0.1) is 11.0 Å². The second-order valence-electron chi connectivity index (χ2n) is 2.83. The summed E-state index contributed by atoms with van der Waals surface area (Å²) in [6.07, 6.45) is 0.764. The summed E-state index contributed by atoms with van der Waals surface area (Å²) in [4.78, 5) is 0. The van der Waals surface area contributed by atoms with E-state index in [9.17, 15) is 8.42 Å². The highest BCUT2D eigenvalue weighted by Crippen LogP contribution is 2.22. The van der Waals surface area contributed by atoms with E-state index < -0.39 is 9.84 Å². The average molecular weight is 162 g/mol. The molecule has 2 rings (SSSR count). The van der Waals surface area contributed by atoms with Gasteiger partial charge in [0, 0.05) is 12.6 Å². The average Bonchev–Trinajstić information content (AvgIpc) is 2.36. The standard InChI is InChI=1S/C5H10N2O2S/c8-10(9)2-1-4-5(10)3-6-7-4/h4-7H,1-3H2.